The number of H-pyrrole nitrogens is 1. The molecule has 2 heterocycles. The van der Waals surface area contributed by atoms with Gasteiger partial charge in [-0.25, -0.2) is 0 Å². The van der Waals surface area contributed by atoms with Gasteiger partial charge in [-0.2, -0.15) is 0 Å². The second-order valence-electron chi connectivity index (χ2n) is 5.46. The molecular formula is C11H14N2O6PS+. The first-order valence-corrected chi connectivity index (χ1v) is 7.48. The summed E-state index contributed by atoms with van der Waals surface area (Å²) in [6.07, 6.45) is -1.05. The molecule has 0 radical (unpaired) electrons. The molecule has 1 aromatic rings. The second-order valence-corrected chi connectivity index (χ2v) is 6.25. The number of nitrogens with one attached hydrogen (secondary N) is 1. The third-order valence-corrected chi connectivity index (χ3v) is 4.72. The summed E-state index contributed by atoms with van der Waals surface area (Å²) in [5.74, 6) is 0. The molecule has 21 heavy (non-hydrogen) atoms. The number of hydrogen-bond acceptors (Lipinski definition) is 7. The Kier molecular flexibility index (Phi) is 3.40. The lowest BCUT2D eigenvalue weighted by atomic mass is 9.95. The highest BCUT2D eigenvalue weighted by Crippen LogP contribution is 2.58. The van der Waals surface area contributed by atoms with Crippen molar-refractivity contribution in [1.82, 2.24) is 9.55 Å². The lowest BCUT2D eigenvalue weighted by Crippen LogP contribution is -2.45. The van der Waals surface area contributed by atoms with Crippen molar-refractivity contribution < 1.29 is 24.0 Å². The standard InChI is InChI=1S/C11H13N2O6PS/c1-10(16)7(15)11(4-5(11)19-20-17)18-8(10)13-3-2-6(14)12-9(13)21/h2-3,5,7-8,15-16,20H,4H2,1H3/p+1. The molecule has 1 spiro atoms. The third kappa shape index (κ3) is 2.12. The first-order valence-electron chi connectivity index (χ1n) is 6.25. The van der Waals surface area contributed by atoms with Gasteiger partial charge >= 0.3 is 8.69 Å². The number of aromatic amines is 1. The average Bonchev–Trinajstić information content (AvgIpc) is 3.05. The Morgan fingerprint density at radius 3 is 3.00 bits per heavy atom. The van der Waals surface area contributed by atoms with Gasteiger partial charge in [-0.15, -0.1) is 4.52 Å². The van der Waals surface area contributed by atoms with Crippen LogP contribution in [0.25, 0.3) is 0 Å². The van der Waals surface area contributed by atoms with Crippen molar-refractivity contribution in [2.24, 2.45) is 0 Å². The van der Waals surface area contributed by atoms with E-state index in [-0.39, 0.29) is 10.3 Å². The third-order valence-electron chi connectivity index (χ3n) is 4.03. The number of aliphatic hydroxyl groups is 2. The highest BCUT2D eigenvalue weighted by Gasteiger charge is 2.75. The highest BCUT2D eigenvalue weighted by molar-refractivity contribution is 7.71. The SMILES string of the molecule is CC1(O)C(n2ccc(=O)[nH]c2=S)OC2(CC2O[PH+]=O)C1O. The van der Waals surface area contributed by atoms with Crippen molar-refractivity contribution in [3.05, 3.63) is 27.4 Å². The van der Waals surface area contributed by atoms with E-state index in [1.807, 2.05) is 0 Å². The summed E-state index contributed by atoms with van der Waals surface area (Å²) in [6, 6.07) is 1.24. The summed E-state index contributed by atoms with van der Waals surface area (Å²) in [7, 11) is -0.970. The van der Waals surface area contributed by atoms with Gasteiger partial charge in [-0.3, -0.25) is 14.3 Å². The van der Waals surface area contributed by atoms with E-state index in [1.54, 1.807) is 0 Å². The molecule has 2 aliphatic rings. The topological polar surface area (TPSA) is 114 Å². The van der Waals surface area contributed by atoms with Crippen molar-refractivity contribution in [3.8, 4) is 0 Å². The molecule has 8 nitrogen and oxygen atoms in total. The van der Waals surface area contributed by atoms with Gasteiger partial charge < -0.3 is 14.9 Å². The van der Waals surface area contributed by atoms with Crippen LogP contribution in [0.5, 0.6) is 0 Å². The number of ether oxygens (including phenoxy) is 1. The zero-order valence-electron chi connectivity index (χ0n) is 11.0. The molecule has 0 aromatic carbocycles. The van der Waals surface area contributed by atoms with Crippen molar-refractivity contribution in [2.75, 3.05) is 0 Å². The molecule has 6 atom stereocenters. The summed E-state index contributed by atoms with van der Waals surface area (Å²) >= 11 is 5.05. The molecule has 2 fully saturated rings. The molecule has 3 rings (SSSR count). The van der Waals surface area contributed by atoms with Crippen molar-refractivity contribution in [3.63, 3.8) is 0 Å². The van der Waals surface area contributed by atoms with Gasteiger partial charge in [0.15, 0.2) is 11.0 Å². The van der Waals surface area contributed by atoms with Crippen LogP contribution in [0.15, 0.2) is 17.1 Å². The van der Waals surface area contributed by atoms with E-state index in [1.165, 1.54) is 23.8 Å². The summed E-state index contributed by atoms with van der Waals surface area (Å²) in [5, 5.41) is 20.9. The number of aromatic nitrogens is 2. The number of aliphatic hydroxyl groups excluding tert-OH is 1. The number of nitrogens with zero attached hydrogens (tertiary/aromatic N) is 1. The number of rotatable bonds is 3. The zero-order valence-corrected chi connectivity index (χ0v) is 12.8. The molecule has 114 valence electrons. The van der Waals surface area contributed by atoms with E-state index in [9.17, 15) is 19.6 Å². The Morgan fingerprint density at radius 1 is 1.67 bits per heavy atom. The van der Waals surface area contributed by atoms with Crippen molar-refractivity contribution in [1.29, 1.82) is 0 Å². The predicted octanol–water partition coefficient (Wildman–Crippen LogP) is 0.0133. The molecule has 10 heteroatoms. The Morgan fingerprint density at radius 2 is 2.38 bits per heavy atom. The molecule has 1 aliphatic heterocycles. The van der Waals surface area contributed by atoms with Crippen LogP contribution in [-0.4, -0.2) is 43.2 Å². The van der Waals surface area contributed by atoms with E-state index >= 15 is 0 Å². The van der Waals surface area contributed by atoms with Gasteiger partial charge in [0, 0.05) is 18.7 Å². The molecule has 1 saturated carbocycles. The molecule has 1 aliphatic carbocycles. The summed E-state index contributed by atoms with van der Waals surface area (Å²) in [5.41, 5.74) is -3.11. The quantitative estimate of drug-likeness (QED) is 0.527. The van der Waals surface area contributed by atoms with Gasteiger partial charge in [0.05, 0.1) is 0 Å². The van der Waals surface area contributed by atoms with Gasteiger partial charge in [-0.05, 0) is 23.7 Å². The van der Waals surface area contributed by atoms with Crippen molar-refractivity contribution in [2.45, 2.75) is 43.0 Å². The normalized spacial score (nSPS) is 41.8. The molecule has 0 bridgehead atoms. The predicted molar refractivity (Wildman–Crippen MR) is 73.9 cm³/mol. The second kappa shape index (κ2) is 4.77. The zero-order chi connectivity index (χ0) is 15.4. The van der Waals surface area contributed by atoms with Crippen LogP contribution in [0.4, 0.5) is 0 Å². The Bertz CT molecular complexity index is 702. The van der Waals surface area contributed by atoms with Gasteiger partial charge in [0.25, 0.3) is 5.56 Å². The summed E-state index contributed by atoms with van der Waals surface area (Å²) in [4.78, 5) is 13.6. The highest BCUT2D eigenvalue weighted by atomic mass is 32.1. The van der Waals surface area contributed by atoms with Gasteiger partial charge in [-0.1, -0.05) is 0 Å². The Labute approximate surface area is 125 Å². The molecule has 1 saturated heterocycles. The molecule has 3 N–H and O–H groups in total. The minimum Gasteiger partial charge on any atom is -0.387 e. The van der Waals surface area contributed by atoms with E-state index in [0.29, 0.717) is 6.42 Å². The van der Waals surface area contributed by atoms with Crippen LogP contribution >= 0.6 is 20.9 Å². The average molecular weight is 333 g/mol. The minimum absolute atomic E-state index is 0.0702. The first-order chi connectivity index (χ1) is 9.83. The summed E-state index contributed by atoms with van der Waals surface area (Å²) < 4.78 is 22.8. The van der Waals surface area contributed by atoms with Crippen LogP contribution < -0.4 is 5.56 Å². The lowest BCUT2D eigenvalue weighted by molar-refractivity contribution is -0.0992. The molecule has 6 unspecified atom stereocenters. The van der Waals surface area contributed by atoms with Crippen molar-refractivity contribution >= 4 is 20.9 Å². The van der Waals surface area contributed by atoms with E-state index in [2.05, 4.69) is 4.98 Å². The van der Waals surface area contributed by atoms with Crippen LogP contribution in [0.1, 0.15) is 19.6 Å². The fourth-order valence-corrected chi connectivity index (χ4v) is 3.47. The van der Waals surface area contributed by atoms with Crippen LogP contribution in [0, 0.1) is 4.77 Å². The minimum atomic E-state index is -1.64. The molecular weight excluding hydrogens is 319 g/mol. The lowest BCUT2D eigenvalue weighted by Gasteiger charge is -2.27. The Balaban J connectivity index is 1.99. The monoisotopic (exact) mass is 333 g/mol. The van der Waals surface area contributed by atoms with Crippen LogP contribution in [0.3, 0.4) is 0 Å². The maximum atomic E-state index is 11.2. The van der Waals surface area contributed by atoms with Gasteiger partial charge in [0.2, 0.25) is 0 Å². The fourth-order valence-electron chi connectivity index (χ4n) is 2.81. The smallest absolute Gasteiger partial charge is 0.387 e. The van der Waals surface area contributed by atoms with E-state index in [0.717, 1.165) is 0 Å². The van der Waals surface area contributed by atoms with E-state index < -0.39 is 38.3 Å². The number of hydrogen-bond donors (Lipinski definition) is 3. The molecule has 0 amide bonds. The van der Waals surface area contributed by atoms with E-state index in [4.69, 9.17) is 21.5 Å². The molecule has 1 aromatic heterocycles. The summed E-state index contributed by atoms with van der Waals surface area (Å²) in [6.45, 7) is 1.42. The first kappa shape index (κ1) is 15.0. The Hall–Kier alpha value is -0.960. The fraction of sp³-hybridized carbons (Fsp3) is 0.636. The largest absolute Gasteiger partial charge is 0.494 e. The van der Waals surface area contributed by atoms with Crippen LogP contribution in [-0.2, 0) is 13.8 Å². The maximum absolute atomic E-state index is 11.2. The van der Waals surface area contributed by atoms with Crippen LogP contribution in [0.2, 0.25) is 0 Å². The maximum Gasteiger partial charge on any atom is 0.494 e. The van der Waals surface area contributed by atoms with Gasteiger partial charge in [0.1, 0.15) is 23.4 Å².